The van der Waals surface area contributed by atoms with E-state index in [2.05, 4.69) is 27.8 Å². The fraction of sp³-hybridized carbons (Fsp3) is 0.722. The summed E-state index contributed by atoms with van der Waals surface area (Å²) < 4.78 is 5.46. The number of anilines is 2. The number of hydrogen-bond donors (Lipinski definition) is 2. The molecular weight excluding hydrogens is 274 g/mol. The molecule has 22 heavy (non-hydrogen) atoms. The largest absolute Gasteiger partial charge is 0.381 e. The molecule has 0 amide bonds. The summed E-state index contributed by atoms with van der Waals surface area (Å²) >= 11 is 0. The van der Waals surface area contributed by atoms with Crippen molar-refractivity contribution in [3.8, 4) is 0 Å². The second-order valence-electron chi connectivity index (χ2n) is 7.23. The molecule has 2 aliphatic carbocycles. The van der Waals surface area contributed by atoms with Gasteiger partial charge in [0.15, 0.2) is 0 Å². The third-order valence-corrected chi connectivity index (χ3v) is 5.70. The molecule has 0 unspecified atom stereocenters. The number of pyridine rings is 1. The quantitative estimate of drug-likeness (QED) is 0.871. The molecule has 0 radical (unpaired) electrons. The van der Waals surface area contributed by atoms with Crippen LogP contribution in [0.1, 0.15) is 44.9 Å². The van der Waals surface area contributed by atoms with E-state index in [-0.39, 0.29) is 0 Å². The zero-order valence-electron chi connectivity index (χ0n) is 13.3. The van der Waals surface area contributed by atoms with Crippen molar-refractivity contribution >= 4 is 11.5 Å². The smallest absolute Gasteiger partial charge is 0.126 e. The molecule has 1 aromatic heterocycles. The van der Waals surface area contributed by atoms with E-state index in [1.54, 1.807) is 0 Å². The van der Waals surface area contributed by atoms with E-state index in [9.17, 15) is 0 Å². The van der Waals surface area contributed by atoms with Gasteiger partial charge in [-0.3, -0.25) is 0 Å². The van der Waals surface area contributed by atoms with Crippen LogP contribution >= 0.6 is 0 Å². The maximum absolute atomic E-state index is 5.46. The van der Waals surface area contributed by atoms with Crippen LogP contribution in [0.15, 0.2) is 18.3 Å². The lowest BCUT2D eigenvalue weighted by atomic mass is 9.70. The summed E-state index contributed by atoms with van der Waals surface area (Å²) in [6.07, 6.45) is 11.1. The van der Waals surface area contributed by atoms with Crippen LogP contribution in [-0.2, 0) is 4.74 Å². The Kier molecular flexibility index (Phi) is 4.20. The van der Waals surface area contributed by atoms with Gasteiger partial charge in [0.1, 0.15) is 5.82 Å². The summed E-state index contributed by atoms with van der Waals surface area (Å²) in [7, 11) is 0. The maximum atomic E-state index is 5.46. The van der Waals surface area contributed by atoms with Gasteiger partial charge in [-0.2, -0.15) is 0 Å². The molecule has 3 aliphatic rings. The molecule has 0 bridgehead atoms. The Morgan fingerprint density at radius 1 is 0.909 bits per heavy atom. The Hall–Kier alpha value is -1.29. The number of ether oxygens (including phenoxy) is 1. The van der Waals surface area contributed by atoms with Crippen molar-refractivity contribution in [2.24, 2.45) is 11.8 Å². The van der Waals surface area contributed by atoms with Crippen molar-refractivity contribution in [1.29, 1.82) is 0 Å². The molecule has 2 heterocycles. The molecule has 2 saturated carbocycles. The molecule has 0 atom stereocenters. The van der Waals surface area contributed by atoms with Crippen LogP contribution < -0.4 is 10.6 Å². The molecule has 1 aliphatic heterocycles. The summed E-state index contributed by atoms with van der Waals surface area (Å²) in [4.78, 5) is 4.53. The van der Waals surface area contributed by atoms with Gasteiger partial charge in [-0.15, -0.1) is 0 Å². The first-order valence-corrected chi connectivity index (χ1v) is 8.94. The normalized spacial score (nSPS) is 29.5. The highest BCUT2D eigenvalue weighted by atomic mass is 16.5. The van der Waals surface area contributed by atoms with E-state index in [4.69, 9.17) is 4.74 Å². The zero-order chi connectivity index (χ0) is 14.8. The van der Waals surface area contributed by atoms with E-state index in [0.717, 1.165) is 36.6 Å². The molecule has 3 fully saturated rings. The van der Waals surface area contributed by atoms with E-state index >= 15 is 0 Å². The maximum Gasteiger partial charge on any atom is 0.126 e. The van der Waals surface area contributed by atoms with Crippen LogP contribution in [0.25, 0.3) is 0 Å². The van der Waals surface area contributed by atoms with Gasteiger partial charge in [-0.1, -0.05) is 0 Å². The van der Waals surface area contributed by atoms with Gasteiger partial charge in [-0.25, -0.2) is 4.98 Å². The summed E-state index contributed by atoms with van der Waals surface area (Å²) in [6, 6.07) is 5.56. The minimum Gasteiger partial charge on any atom is -0.381 e. The number of rotatable bonds is 5. The fourth-order valence-corrected chi connectivity index (χ4v) is 3.91. The molecule has 4 rings (SSSR count). The molecule has 4 heteroatoms. The van der Waals surface area contributed by atoms with Crippen molar-refractivity contribution in [1.82, 2.24) is 4.98 Å². The zero-order valence-corrected chi connectivity index (χ0v) is 13.3. The Balaban J connectivity index is 1.22. The first kappa shape index (κ1) is 14.3. The van der Waals surface area contributed by atoms with E-state index < -0.39 is 0 Å². The van der Waals surface area contributed by atoms with Gasteiger partial charge in [0.25, 0.3) is 0 Å². The Labute approximate surface area is 133 Å². The molecule has 1 aromatic rings. The van der Waals surface area contributed by atoms with E-state index in [0.29, 0.717) is 12.1 Å². The average Bonchev–Trinajstić information content (AvgIpc) is 2.48. The average molecular weight is 301 g/mol. The van der Waals surface area contributed by atoms with Crippen molar-refractivity contribution in [3.05, 3.63) is 18.3 Å². The molecule has 0 aromatic carbocycles. The van der Waals surface area contributed by atoms with Gasteiger partial charge in [0, 0.05) is 25.3 Å². The van der Waals surface area contributed by atoms with Crippen molar-refractivity contribution in [2.75, 3.05) is 23.8 Å². The third-order valence-electron chi connectivity index (χ3n) is 5.70. The van der Waals surface area contributed by atoms with Crippen LogP contribution in [-0.4, -0.2) is 30.3 Å². The van der Waals surface area contributed by atoms with Gasteiger partial charge in [0.2, 0.25) is 0 Å². The lowest BCUT2D eigenvalue weighted by Crippen LogP contribution is -2.40. The lowest BCUT2D eigenvalue weighted by Gasteiger charge is -2.42. The molecule has 120 valence electrons. The van der Waals surface area contributed by atoms with Crippen LogP contribution in [0, 0.1) is 11.8 Å². The van der Waals surface area contributed by atoms with Crippen molar-refractivity contribution in [3.63, 3.8) is 0 Å². The first-order valence-electron chi connectivity index (χ1n) is 8.94. The lowest BCUT2D eigenvalue weighted by molar-refractivity contribution is 0.0267. The molecule has 1 saturated heterocycles. The first-order chi connectivity index (χ1) is 10.9. The van der Waals surface area contributed by atoms with Gasteiger partial charge < -0.3 is 15.4 Å². The predicted molar refractivity (Wildman–Crippen MR) is 89.2 cm³/mol. The van der Waals surface area contributed by atoms with E-state index in [1.165, 1.54) is 44.9 Å². The number of nitrogens with zero attached hydrogens (tertiary/aromatic N) is 1. The highest BCUT2D eigenvalue weighted by molar-refractivity contribution is 5.48. The third kappa shape index (κ3) is 3.22. The SMILES string of the molecule is c1cc(NC2CCC2)ncc1NC1CC(C2CCOCC2)C1. The number of aromatic nitrogens is 1. The van der Waals surface area contributed by atoms with Gasteiger partial charge in [0.05, 0.1) is 11.9 Å². The Bertz CT molecular complexity index is 474. The number of nitrogens with one attached hydrogen (secondary N) is 2. The van der Waals surface area contributed by atoms with E-state index in [1.807, 2.05) is 6.20 Å². The second kappa shape index (κ2) is 6.45. The van der Waals surface area contributed by atoms with Crippen molar-refractivity contribution in [2.45, 2.75) is 57.0 Å². The highest BCUT2D eigenvalue weighted by Crippen LogP contribution is 2.39. The minimum absolute atomic E-state index is 0.639. The molecule has 4 nitrogen and oxygen atoms in total. The standard InChI is InChI=1S/C18H27N3O/c1-2-15(3-1)21-18-5-4-16(12-19-18)20-17-10-14(11-17)13-6-8-22-9-7-13/h4-5,12-15,17,20H,1-3,6-11H2,(H,19,21). The van der Waals surface area contributed by atoms with Crippen LogP contribution in [0.3, 0.4) is 0 Å². The molecule has 0 spiro atoms. The second-order valence-corrected chi connectivity index (χ2v) is 7.23. The van der Waals surface area contributed by atoms with Gasteiger partial charge in [-0.05, 0) is 68.9 Å². The summed E-state index contributed by atoms with van der Waals surface area (Å²) in [5.41, 5.74) is 1.16. The summed E-state index contributed by atoms with van der Waals surface area (Å²) in [6.45, 7) is 1.94. The molecule has 2 N–H and O–H groups in total. The predicted octanol–water partition coefficient (Wildman–Crippen LogP) is 3.66. The Morgan fingerprint density at radius 3 is 2.36 bits per heavy atom. The minimum atomic E-state index is 0.639. The van der Waals surface area contributed by atoms with Gasteiger partial charge >= 0.3 is 0 Å². The van der Waals surface area contributed by atoms with Crippen LogP contribution in [0.5, 0.6) is 0 Å². The van der Waals surface area contributed by atoms with Crippen LogP contribution in [0.2, 0.25) is 0 Å². The summed E-state index contributed by atoms with van der Waals surface area (Å²) in [5.74, 6) is 2.83. The summed E-state index contributed by atoms with van der Waals surface area (Å²) in [5, 5.41) is 7.12. The monoisotopic (exact) mass is 301 g/mol. The van der Waals surface area contributed by atoms with Crippen LogP contribution in [0.4, 0.5) is 11.5 Å². The van der Waals surface area contributed by atoms with Crippen molar-refractivity contribution < 1.29 is 4.74 Å². The fourth-order valence-electron chi connectivity index (χ4n) is 3.91. The molecular formula is C18H27N3O. The topological polar surface area (TPSA) is 46.2 Å². The Morgan fingerprint density at radius 2 is 1.73 bits per heavy atom. The highest BCUT2D eigenvalue weighted by Gasteiger charge is 2.35. The number of hydrogen-bond acceptors (Lipinski definition) is 4.